The average Bonchev–Trinajstić information content (AvgIpc) is 3.07. The second-order valence-corrected chi connectivity index (χ2v) is 7.12. The van der Waals surface area contributed by atoms with Crippen LogP contribution in [0.15, 0.2) is 22.9 Å². The first-order valence-corrected chi connectivity index (χ1v) is 8.92. The Morgan fingerprint density at radius 1 is 1.05 bits per heavy atom. The van der Waals surface area contributed by atoms with E-state index in [1.165, 1.54) is 22.7 Å². The topological polar surface area (TPSA) is 58.2 Å². The van der Waals surface area contributed by atoms with E-state index in [0.717, 1.165) is 20.9 Å². The summed E-state index contributed by atoms with van der Waals surface area (Å²) in [4.78, 5) is 25.6. The third-order valence-electron chi connectivity index (χ3n) is 3.38. The molecule has 0 saturated heterocycles. The van der Waals surface area contributed by atoms with Crippen LogP contribution < -0.4 is 10.6 Å². The van der Waals surface area contributed by atoms with E-state index in [1.54, 1.807) is 0 Å². The highest BCUT2D eigenvalue weighted by molar-refractivity contribution is 7.12. The molecule has 1 atom stereocenters. The molecule has 0 bridgehead atoms. The lowest BCUT2D eigenvalue weighted by molar-refractivity contribution is 0.0941. The predicted molar refractivity (Wildman–Crippen MR) is 92.0 cm³/mol. The zero-order chi connectivity index (χ0) is 16.1. The average molecular weight is 336 g/mol. The van der Waals surface area contributed by atoms with Crippen LogP contribution in [0.4, 0.5) is 0 Å². The Morgan fingerprint density at radius 3 is 2.09 bits per heavy atom. The Kier molecular flexibility index (Phi) is 5.74. The summed E-state index contributed by atoms with van der Waals surface area (Å²) in [5.74, 6) is -0.0828. The predicted octanol–water partition coefficient (Wildman–Crippen LogP) is 3.36. The first kappa shape index (κ1) is 16.7. The normalized spacial score (nSPS) is 12.0. The molecule has 0 radical (unpaired) electrons. The van der Waals surface area contributed by atoms with Crippen molar-refractivity contribution in [1.29, 1.82) is 0 Å². The van der Waals surface area contributed by atoms with Crippen molar-refractivity contribution in [2.45, 2.75) is 33.2 Å². The van der Waals surface area contributed by atoms with Crippen LogP contribution in [0.1, 0.15) is 43.8 Å². The molecule has 6 heteroatoms. The molecule has 0 fully saturated rings. The minimum atomic E-state index is -0.0415. The van der Waals surface area contributed by atoms with E-state index in [4.69, 9.17) is 0 Å². The summed E-state index contributed by atoms with van der Waals surface area (Å²) in [5, 5.41) is 9.69. The Hall–Kier alpha value is -1.66. The molecule has 2 aromatic rings. The van der Waals surface area contributed by atoms with Crippen LogP contribution in [0.2, 0.25) is 0 Å². The zero-order valence-corrected chi connectivity index (χ0v) is 14.6. The maximum absolute atomic E-state index is 12.1. The maximum Gasteiger partial charge on any atom is 0.261 e. The van der Waals surface area contributed by atoms with Gasteiger partial charge in [-0.25, -0.2) is 0 Å². The van der Waals surface area contributed by atoms with Gasteiger partial charge < -0.3 is 10.6 Å². The molecule has 2 rings (SSSR count). The van der Waals surface area contributed by atoms with Crippen molar-refractivity contribution < 1.29 is 9.59 Å². The van der Waals surface area contributed by atoms with E-state index in [1.807, 2.05) is 43.7 Å². The molecule has 1 unspecified atom stereocenters. The first-order chi connectivity index (χ1) is 10.5. The molecule has 0 aliphatic heterocycles. The molecule has 2 aromatic heterocycles. The standard InChI is InChI=1S/C16H20N2O2S2/c1-10-5-8-21-13(10)15(19)17-7-4-12(3)18-16(20)14-11(2)6-9-22-14/h5-6,8-9,12H,4,7H2,1-3H3,(H,17,19)(H,18,20). The van der Waals surface area contributed by atoms with Crippen molar-refractivity contribution in [3.05, 3.63) is 43.8 Å². The summed E-state index contributed by atoms with van der Waals surface area (Å²) in [6.07, 6.45) is 0.701. The lowest BCUT2D eigenvalue weighted by atomic mass is 10.2. The van der Waals surface area contributed by atoms with Gasteiger partial charge in [-0.05, 0) is 61.2 Å². The number of nitrogens with one attached hydrogen (secondary N) is 2. The second-order valence-electron chi connectivity index (χ2n) is 5.28. The number of aryl methyl sites for hydroxylation is 2. The van der Waals surface area contributed by atoms with E-state index >= 15 is 0 Å². The van der Waals surface area contributed by atoms with Crippen molar-refractivity contribution in [1.82, 2.24) is 10.6 Å². The quantitative estimate of drug-likeness (QED) is 0.850. The Morgan fingerprint density at radius 2 is 1.59 bits per heavy atom. The molecule has 2 N–H and O–H groups in total. The van der Waals surface area contributed by atoms with Gasteiger partial charge in [0.25, 0.3) is 11.8 Å². The van der Waals surface area contributed by atoms with E-state index in [9.17, 15) is 9.59 Å². The Balaban J connectivity index is 1.75. The monoisotopic (exact) mass is 336 g/mol. The number of thiophene rings is 2. The summed E-state index contributed by atoms with van der Waals surface area (Å²) in [7, 11) is 0. The second kappa shape index (κ2) is 7.56. The van der Waals surface area contributed by atoms with Crippen LogP contribution in [-0.4, -0.2) is 24.4 Å². The number of rotatable bonds is 6. The van der Waals surface area contributed by atoms with Gasteiger partial charge in [-0.3, -0.25) is 9.59 Å². The molecule has 118 valence electrons. The van der Waals surface area contributed by atoms with Crippen LogP contribution >= 0.6 is 22.7 Å². The van der Waals surface area contributed by atoms with Gasteiger partial charge in [-0.2, -0.15) is 0 Å². The molecule has 2 amide bonds. The molecular weight excluding hydrogens is 316 g/mol. The Labute approximate surface area is 138 Å². The summed E-state index contributed by atoms with van der Waals surface area (Å²) in [6.45, 7) is 6.35. The summed E-state index contributed by atoms with van der Waals surface area (Å²) < 4.78 is 0. The van der Waals surface area contributed by atoms with E-state index in [2.05, 4.69) is 10.6 Å². The van der Waals surface area contributed by atoms with Crippen LogP contribution in [0.3, 0.4) is 0 Å². The van der Waals surface area contributed by atoms with Gasteiger partial charge in [0.1, 0.15) is 0 Å². The molecule has 22 heavy (non-hydrogen) atoms. The molecule has 0 spiro atoms. The first-order valence-electron chi connectivity index (χ1n) is 7.16. The summed E-state index contributed by atoms with van der Waals surface area (Å²) in [5.41, 5.74) is 1.99. The third-order valence-corrected chi connectivity index (χ3v) is 5.41. The van der Waals surface area contributed by atoms with E-state index < -0.39 is 0 Å². The molecular formula is C16H20N2O2S2. The fraction of sp³-hybridized carbons (Fsp3) is 0.375. The molecule has 0 saturated carbocycles. The Bertz CT molecular complexity index is 661. The molecule has 0 aromatic carbocycles. The number of hydrogen-bond donors (Lipinski definition) is 2. The van der Waals surface area contributed by atoms with E-state index in [0.29, 0.717) is 13.0 Å². The van der Waals surface area contributed by atoms with Crippen molar-refractivity contribution in [2.24, 2.45) is 0 Å². The molecule has 2 heterocycles. The van der Waals surface area contributed by atoms with Crippen LogP contribution in [0.25, 0.3) is 0 Å². The lowest BCUT2D eigenvalue weighted by Gasteiger charge is -2.14. The highest BCUT2D eigenvalue weighted by Gasteiger charge is 2.14. The minimum Gasteiger partial charge on any atom is -0.351 e. The van der Waals surface area contributed by atoms with Gasteiger partial charge in [-0.15, -0.1) is 22.7 Å². The van der Waals surface area contributed by atoms with Gasteiger partial charge in [0.05, 0.1) is 9.75 Å². The SMILES string of the molecule is Cc1ccsc1C(=O)NCCC(C)NC(=O)c1sccc1C. The fourth-order valence-corrected chi connectivity index (χ4v) is 3.72. The van der Waals surface area contributed by atoms with Crippen LogP contribution in [-0.2, 0) is 0 Å². The lowest BCUT2D eigenvalue weighted by Crippen LogP contribution is -2.36. The van der Waals surface area contributed by atoms with Gasteiger partial charge in [0.15, 0.2) is 0 Å². The fourth-order valence-electron chi connectivity index (χ4n) is 2.05. The smallest absolute Gasteiger partial charge is 0.261 e. The molecule has 0 aliphatic carbocycles. The molecule has 4 nitrogen and oxygen atoms in total. The van der Waals surface area contributed by atoms with Gasteiger partial charge in [0, 0.05) is 12.6 Å². The van der Waals surface area contributed by atoms with E-state index in [-0.39, 0.29) is 17.9 Å². The van der Waals surface area contributed by atoms with Gasteiger partial charge >= 0.3 is 0 Å². The maximum atomic E-state index is 12.1. The van der Waals surface area contributed by atoms with Crippen molar-refractivity contribution in [3.63, 3.8) is 0 Å². The van der Waals surface area contributed by atoms with Crippen molar-refractivity contribution in [3.8, 4) is 0 Å². The van der Waals surface area contributed by atoms with Crippen LogP contribution in [0.5, 0.6) is 0 Å². The number of hydrogen-bond acceptors (Lipinski definition) is 4. The molecule has 0 aliphatic rings. The van der Waals surface area contributed by atoms with Crippen LogP contribution in [0, 0.1) is 13.8 Å². The highest BCUT2D eigenvalue weighted by Crippen LogP contribution is 2.16. The summed E-state index contributed by atoms with van der Waals surface area (Å²) in [6, 6.07) is 3.89. The summed E-state index contributed by atoms with van der Waals surface area (Å²) >= 11 is 2.89. The number of carbonyl (C=O) groups excluding carboxylic acids is 2. The highest BCUT2D eigenvalue weighted by atomic mass is 32.1. The van der Waals surface area contributed by atoms with Gasteiger partial charge in [-0.1, -0.05) is 0 Å². The number of carbonyl (C=O) groups is 2. The number of amides is 2. The van der Waals surface area contributed by atoms with Crippen molar-refractivity contribution >= 4 is 34.5 Å². The van der Waals surface area contributed by atoms with Gasteiger partial charge in [0.2, 0.25) is 0 Å². The third kappa shape index (κ3) is 4.18. The largest absolute Gasteiger partial charge is 0.351 e. The zero-order valence-electron chi connectivity index (χ0n) is 12.9. The van der Waals surface area contributed by atoms with Crippen molar-refractivity contribution in [2.75, 3.05) is 6.54 Å². The minimum absolute atomic E-state index is 0.0127.